The minimum atomic E-state index is 0.259. The van der Waals surface area contributed by atoms with E-state index in [4.69, 9.17) is 5.11 Å². The molecule has 0 spiro atoms. The van der Waals surface area contributed by atoms with E-state index in [-0.39, 0.29) is 6.61 Å². The molecule has 1 aromatic heterocycles. The summed E-state index contributed by atoms with van der Waals surface area (Å²) in [5, 5.41) is 12.4. The van der Waals surface area contributed by atoms with Gasteiger partial charge in [-0.25, -0.2) is 4.98 Å². The smallest absolute Gasteiger partial charge is 0.127 e. The Morgan fingerprint density at radius 1 is 1.47 bits per heavy atom. The number of hydrogen-bond acceptors (Lipinski definition) is 4. The van der Waals surface area contributed by atoms with Gasteiger partial charge >= 0.3 is 0 Å². The van der Waals surface area contributed by atoms with E-state index in [9.17, 15) is 0 Å². The van der Waals surface area contributed by atoms with Crippen LogP contribution in [0.2, 0.25) is 0 Å². The normalized spacial score (nSPS) is 15.1. The molecule has 106 valence electrons. The molecule has 4 nitrogen and oxygen atoms in total. The molecule has 1 fully saturated rings. The van der Waals surface area contributed by atoms with E-state index in [2.05, 4.69) is 34.3 Å². The molecular weight excluding hydrogens is 238 g/mol. The average molecular weight is 263 g/mol. The monoisotopic (exact) mass is 263 g/mol. The Balaban J connectivity index is 2.06. The fraction of sp³-hybridized carbons (Fsp3) is 0.667. The Bertz CT molecular complexity index is 379. The first-order valence-corrected chi connectivity index (χ1v) is 7.42. The Kier molecular flexibility index (Phi) is 5.45. The van der Waals surface area contributed by atoms with Crippen molar-refractivity contribution in [1.29, 1.82) is 0 Å². The van der Waals surface area contributed by atoms with Crippen molar-refractivity contribution < 1.29 is 5.11 Å². The molecule has 0 aliphatic heterocycles. The van der Waals surface area contributed by atoms with Gasteiger partial charge in [0.25, 0.3) is 0 Å². The highest BCUT2D eigenvalue weighted by Gasteiger charge is 2.24. The third-order valence-electron chi connectivity index (χ3n) is 3.70. The molecule has 0 unspecified atom stereocenters. The molecule has 0 saturated heterocycles. The molecule has 2 rings (SSSR count). The molecule has 1 heterocycles. The van der Waals surface area contributed by atoms with Gasteiger partial charge in [-0.05, 0) is 38.2 Å². The van der Waals surface area contributed by atoms with Gasteiger partial charge in [0.15, 0.2) is 0 Å². The van der Waals surface area contributed by atoms with E-state index in [1.807, 2.05) is 6.20 Å². The van der Waals surface area contributed by atoms with Crippen molar-refractivity contribution in [2.24, 2.45) is 0 Å². The van der Waals surface area contributed by atoms with Gasteiger partial charge in [-0.1, -0.05) is 6.92 Å². The Hall–Kier alpha value is -1.29. The van der Waals surface area contributed by atoms with Crippen molar-refractivity contribution in [1.82, 2.24) is 4.98 Å². The first-order chi connectivity index (χ1) is 9.35. The highest BCUT2D eigenvalue weighted by molar-refractivity contribution is 5.54. The predicted octanol–water partition coefficient (Wildman–Crippen LogP) is 2.64. The van der Waals surface area contributed by atoms with Crippen molar-refractivity contribution >= 4 is 11.5 Å². The number of nitrogens with zero attached hydrogens (tertiary/aromatic N) is 2. The van der Waals surface area contributed by atoms with Gasteiger partial charge in [0.2, 0.25) is 0 Å². The Labute approximate surface area is 115 Å². The molecular formula is C15H25N3O. The molecule has 0 radical (unpaired) electrons. The quantitative estimate of drug-likeness (QED) is 0.757. The molecule has 19 heavy (non-hydrogen) atoms. The number of pyridine rings is 1. The van der Waals surface area contributed by atoms with Crippen molar-refractivity contribution in [3.05, 3.63) is 18.3 Å². The number of rotatable bonds is 8. The first-order valence-electron chi connectivity index (χ1n) is 7.42. The van der Waals surface area contributed by atoms with Crippen LogP contribution in [0.5, 0.6) is 0 Å². The van der Waals surface area contributed by atoms with Crippen LogP contribution in [-0.2, 0) is 0 Å². The zero-order chi connectivity index (χ0) is 13.5. The number of nitrogens with one attached hydrogen (secondary N) is 1. The largest absolute Gasteiger partial charge is 0.396 e. The van der Waals surface area contributed by atoms with E-state index in [1.54, 1.807) is 0 Å². The van der Waals surface area contributed by atoms with Crippen molar-refractivity contribution in [3.63, 3.8) is 0 Å². The lowest BCUT2D eigenvalue weighted by Crippen LogP contribution is -2.41. The second-order valence-corrected chi connectivity index (χ2v) is 5.18. The maximum atomic E-state index is 9.05. The first kappa shape index (κ1) is 14.1. The van der Waals surface area contributed by atoms with E-state index < -0.39 is 0 Å². The lowest BCUT2D eigenvalue weighted by molar-refractivity contribution is 0.283. The summed E-state index contributed by atoms with van der Waals surface area (Å²) >= 11 is 0. The zero-order valence-corrected chi connectivity index (χ0v) is 11.8. The molecule has 0 bridgehead atoms. The Morgan fingerprint density at radius 3 is 2.95 bits per heavy atom. The van der Waals surface area contributed by atoms with Gasteiger partial charge in [0, 0.05) is 43.7 Å². The molecule has 0 aromatic carbocycles. The maximum absolute atomic E-state index is 9.05. The van der Waals surface area contributed by atoms with Crippen LogP contribution in [0.1, 0.15) is 39.0 Å². The van der Waals surface area contributed by atoms with Gasteiger partial charge in [-0.2, -0.15) is 0 Å². The van der Waals surface area contributed by atoms with Crippen LogP contribution in [0.25, 0.3) is 0 Å². The van der Waals surface area contributed by atoms with Crippen LogP contribution >= 0.6 is 0 Å². The molecule has 1 saturated carbocycles. The minimum Gasteiger partial charge on any atom is -0.396 e. The second kappa shape index (κ2) is 7.34. The Morgan fingerprint density at radius 2 is 2.32 bits per heavy atom. The summed E-state index contributed by atoms with van der Waals surface area (Å²) in [6.07, 6.45) is 7.67. The van der Waals surface area contributed by atoms with E-state index in [0.717, 1.165) is 31.7 Å². The molecule has 4 heteroatoms. The summed E-state index contributed by atoms with van der Waals surface area (Å²) in [4.78, 5) is 6.78. The molecule has 1 aromatic rings. The summed E-state index contributed by atoms with van der Waals surface area (Å²) in [6, 6.07) is 4.85. The third-order valence-corrected chi connectivity index (χ3v) is 3.70. The predicted molar refractivity (Wildman–Crippen MR) is 79.7 cm³/mol. The number of aliphatic hydroxyl groups excluding tert-OH is 1. The van der Waals surface area contributed by atoms with Gasteiger partial charge in [0.1, 0.15) is 5.82 Å². The van der Waals surface area contributed by atoms with Crippen molar-refractivity contribution in [2.45, 2.75) is 45.1 Å². The van der Waals surface area contributed by atoms with Crippen molar-refractivity contribution in [2.75, 3.05) is 29.9 Å². The number of aromatic nitrogens is 1. The van der Waals surface area contributed by atoms with Crippen LogP contribution in [0.4, 0.5) is 11.5 Å². The molecule has 1 aliphatic carbocycles. The lowest BCUT2D eigenvalue weighted by atomic mass is 9.91. The van der Waals surface area contributed by atoms with E-state index in [0.29, 0.717) is 6.04 Å². The zero-order valence-electron chi connectivity index (χ0n) is 11.8. The summed E-state index contributed by atoms with van der Waals surface area (Å²) in [6.45, 7) is 4.29. The second-order valence-electron chi connectivity index (χ2n) is 5.18. The third kappa shape index (κ3) is 3.83. The maximum Gasteiger partial charge on any atom is 0.127 e. The average Bonchev–Trinajstić information content (AvgIpc) is 2.39. The molecule has 0 amide bonds. The van der Waals surface area contributed by atoms with Crippen LogP contribution in [0.15, 0.2) is 18.3 Å². The van der Waals surface area contributed by atoms with Crippen molar-refractivity contribution in [3.8, 4) is 0 Å². The molecule has 2 N–H and O–H groups in total. The lowest BCUT2D eigenvalue weighted by Gasteiger charge is -2.39. The van der Waals surface area contributed by atoms with Crippen LogP contribution in [0, 0.1) is 0 Å². The summed E-state index contributed by atoms with van der Waals surface area (Å²) in [5.41, 5.74) is 1.23. The number of aliphatic hydroxyl groups is 1. The SMILES string of the molecule is CCCNc1cc(N(CCCO)C2CCC2)ccn1. The van der Waals surface area contributed by atoms with Gasteiger partial charge < -0.3 is 15.3 Å². The highest BCUT2D eigenvalue weighted by atomic mass is 16.3. The van der Waals surface area contributed by atoms with Crippen LogP contribution in [-0.4, -0.2) is 35.8 Å². The fourth-order valence-electron chi connectivity index (χ4n) is 2.41. The summed E-state index contributed by atoms with van der Waals surface area (Å²) in [5.74, 6) is 0.952. The van der Waals surface area contributed by atoms with E-state index >= 15 is 0 Å². The standard InChI is InChI=1S/C15H25N3O/c1-2-8-16-15-12-14(7-9-17-15)18(10-4-11-19)13-5-3-6-13/h7,9,12-13,19H,2-6,8,10-11H2,1H3,(H,16,17). The van der Waals surface area contributed by atoms with Gasteiger partial charge in [-0.3, -0.25) is 0 Å². The molecule has 1 aliphatic rings. The molecule has 0 atom stereocenters. The van der Waals surface area contributed by atoms with E-state index in [1.165, 1.54) is 24.9 Å². The van der Waals surface area contributed by atoms with Gasteiger partial charge in [-0.15, -0.1) is 0 Å². The summed E-state index contributed by atoms with van der Waals surface area (Å²) < 4.78 is 0. The van der Waals surface area contributed by atoms with Gasteiger partial charge in [0.05, 0.1) is 0 Å². The topological polar surface area (TPSA) is 48.4 Å². The fourth-order valence-corrected chi connectivity index (χ4v) is 2.41. The summed E-state index contributed by atoms with van der Waals surface area (Å²) in [7, 11) is 0. The van der Waals surface area contributed by atoms with Crippen LogP contribution in [0.3, 0.4) is 0 Å². The highest BCUT2D eigenvalue weighted by Crippen LogP contribution is 2.30. The number of anilines is 2. The number of hydrogen-bond donors (Lipinski definition) is 2. The van der Waals surface area contributed by atoms with Crippen LogP contribution < -0.4 is 10.2 Å². The minimum absolute atomic E-state index is 0.259.